The minimum absolute atomic E-state index is 0.132. The molecule has 0 N–H and O–H groups in total. The predicted molar refractivity (Wildman–Crippen MR) is 129 cm³/mol. The lowest BCUT2D eigenvalue weighted by Crippen LogP contribution is -2.35. The van der Waals surface area contributed by atoms with Crippen LogP contribution in [0.25, 0.3) is 0 Å². The van der Waals surface area contributed by atoms with Gasteiger partial charge in [-0.25, -0.2) is 4.39 Å². The second-order valence-corrected chi connectivity index (χ2v) is 12.4. The molecule has 196 valence electrons. The van der Waals surface area contributed by atoms with Crippen molar-refractivity contribution in [3.05, 3.63) is 11.9 Å². The van der Waals surface area contributed by atoms with Crippen LogP contribution in [0, 0.1) is 41.4 Å². The number of halogens is 4. The Bertz CT molecular complexity index is 627. The maximum Gasteiger partial charge on any atom is 0.412 e. The molecule has 0 radical (unpaired) electrons. The number of rotatable bonds is 6. The van der Waals surface area contributed by atoms with E-state index in [-0.39, 0.29) is 6.08 Å². The van der Waals surface area contributed by atoms with Crippen molar-refractivity contribution in [2.75, 3.05) is 6.61 Å². The molecule has 1 nitrogen and oxygen atoms in total. The molecule has 0 aromatic carbocycles. The van der Waals surface area contributed by atoms with E-state index >= 15 is 0 Å². The van der Waals surface area contributed by atoms with Gasteiger partial charge in [-0.1, -0.05) is 32.6 Å². The van der Waals surface area contributed by atoms with Crippen molar-refractivity contribution in [2.24, 2.45) is 41.4 Å². The molecule has 2 unspecified atom stereocenters. The summed E-state index contributed by atoms with van der Waals surface area (Å²) in [5, 5.41) is 0. The van der Waals surface area contributed by atoms with E-state index in [0.29, 0.717) is 24.9 Å². The smallest absolute Gasteiger partial charge is 0.378 e. The van der Waals surface area contributed by atoms with Crippen LogP contribution in [0.5, 0.6) is 0 Å². The van der Waals surface area contributed by atoms with Gasteiger partial charge >= 0.3 is 6.18 Å². The molecule has 5 heteroatoms. The van der Waals surface area contributed by atoms with Gasteiger partial charge in [-0.3, -0.25) is 0 Å². The Morgan fingerprint density at radius 1 is 0.706 bits per heavy atom. The number of allylic oxidation sites excluding steroid dienone is 2. The topological polar surface area (TPSA) is 9.23 Å². The highest BCUT2D eigenvalue weighted by Gasteiger charge is 2.35. The van der Waals surface area contributed by atoms with Gasteiger partial charge < -0.3 is 4.74 Å². The lowest BCUT2D eigenvalue weighted by molar-refractivity contribution is -0.0821. The molecule has 4 rings (SSSR count). The molecule has 1 aliphatic heterocycles. The fraction of sp³-hybridized carbons (Fsp3) is 0.931. The van der Waals surface area contributed by atoms with Gasteiger partial charge in [-0.05, 0) is 113 Å². The fourth-order valence-corrected chi connectivity index (χ4v) is 7.68. The molecule has 2 atom stereocenters. The van der Waals surface area contributed by atoms with E-state index < -0.39 is 17.9 Å². The molecule has 0 aromatic heterocycles. The Hall–Kier alpha value is -0.580. The van der Waals surface area contributed by atoms with Crippen LogP contribution in [-0.4, -0.2) is 18.9 Å². The van der Waals surface area contributed by atoms with Crippen LogP contribution < -0.4 is 0 Å². The van der Waals surface area contributed by atoms with Crippen LogP contribution >= 0.6 is 0 Å². The summed E-state index contributed by atoms with van der Waals surface area (Å²) in [5.41, 5.74) is 0. The molecule has 0 bridgehead atoms. The Morgan fingerprint density at radius 3 is 1.71 bits per heavy atom. The minimum atomic E-state index is -4.54. The molecule has 1 heterocycles. The number of hydrogen-bond donors (Lipinski definition) is 0. The first-order valence-corrected chi connectivity index (χ1v) is 14.3. The summed E-state index contributed by atoms with van der Waals surface area (Å²) >= 11 is 0. The SMILES string of the molecule is CC1CCC(C2CCC(C3CCC(CCC4CCC(/C(F)=C/C(F)(F)F)CC4)CC3)CC2)OC1. The van der Waals surface area contributed by atoms with Gasteiger partial charge in [0.25, 0.3) is 0 Å². The van der Waals surface area contributed by atoms with E-state index in [2.05, 4.69) is 6.92 Å². The summed E-state index contributed by atoms with van der Waals surface area (Å²) in [6, 6.07) is 0. The van der Waals surface area contributed by atoms with Gasteiger partial charge in [0.2, 0.25) is 0 Å². The van der Waals surface area contributed by atoms with Gasteiger partial charge in [-0.2, -0.15) is 13.2 Å². The van der Waals surface area contributed by atoms with Gasteiger partial charge in [0.15, 0.2) is 0 Å². The average molecular weight is 487 g/mol. The second kappa shape index (κ2) is 12.1. The first-order chi connectivity index (χ1) is 16.3. The molecule has 3 aliphatic carbocycles. The van der Waals surface area contributed by atoms with Gasteiger partial charge in [-0.15, -0.1) is 0 Å². The van der Waals surface area contributed by atoms with Crippen molar-refractivity contribution < 1.29 is 22.3 Å². The van der Waals surface area contributed by atoms with Crippen LogP contribution in [0.3, 0.4) is 0 Å². The van der Waals surface area contributed by atoms with E-state index in [1.807, 2.05) is 0 Å². The van der Waals surface area contributed by atoms with E-state index in [0.717, 1.165) is 49.0 Å². The molecular weight excluding hydrogens is 440 g/mol. The monoisotopic (exact) mass is 486 g/mol. The zero-order chi connectivity index (χ0) is 24.1. The standard InChI is InChI=1S/C29H46F4O/c1-20-2-17-28(34-19-20)26-15-13-24(14-16-26)23-9-5-21(6-10-23)3-4-22-7-11-25(12-8-22)27(30)18-29(31,32)33/h18,20-26,28H,2-17,19H2,1H3/b27-18-. The van der Waals surface area contributed by atoms with E-state index in [4.69, 9.17) is 4.74 Å². The highest BCUT2D eigenvalue weighted by molar-refractivity contribution is 5.03. The van der Waals surface area contributed by atoms with Crippen molar-refractivity contribution >= 4 is 0 Å². The summed E-state index contributed by atoms with van der Waals surface area (Å²) in [7, 11) is 0. The Morgan fingerprint density at radius 2 is 1.21 bits per heavy atom. The van der Waals surface area contributed by atoms with Gasteiger partial charge in [0, 0.05) is 12.5 Å². The Balaban J connectivity index is 1.09. The lowest BCUT2D eigenvalue weighted by Gasteiger charge is -2.41. The second-order valence-electron chi connectivity index (χ2n) is 12.4. The largest absolute Gasteiger partial charge is 0.412 e. The summed E-state index contributed by atoms with van der Waals surface area (Å²) in [5.74, 6) is 3.31. The summed E-state index contributed by atoms with van der Waals surface area (Å²) in [4.78, 5) is 0. The molecule has 0 spiro atoms. The highest BCUT2D eigenvalue weighted by Crippen LogP contribution is 2.45. The van der Waals surface area contributed by atoms with Crippen molar-refractivity contribution in [2.45, 2.75) is 122 Å². The zero-order valence-corrected chi connectivity index (χ0v) is 21.1. The molecule has 4 aliphatic rings. The van der Waals surface area contributed by atoms with E-state index in [1.54, 1.807) is 0 Å². The molecule has 4 fully saturated rings. The molecule has 34 heavy (non-hydrogen) atoms. The van der Waals surface area contributed by atoms with Gasteiger partial charge in [0.05, 0.1) is 12.2 Å². The molecule has 0 aromatic rings. The van der Waals surface area contributed by atoms with E-state index in [9.17, 15) is 17.6 Å². The first kappa shape index (κ1) is 26.5. The van der Waals surface area contributed by atoms with Crippen molar-refractivity contribution in [1.29, 1.82) is 0 Å². The Kier molecular flexibility index (Phi) is 9.43. The third kappa shape index (κ3) is 7.71. The molecule has 3 saturated carbocycles. The number of alkyl halides is 3. The van der Waals surface area contributed by atoms with Crippen LogP contribution in [0.4, 0.5) is 17.6 Å². The van der Waals surface area contributed by atoms with Crippen molar-refractivity contribution in [1.82, 2.24) is 0 Å². The summed E-state index contributed by atoms with van der Waals surface area (Å²) < 4.78 is 57.2. The average Bonchev–Trinajstić information content (AvgIpc) is 2.83. The van der Waals surface area contributed by atoms with Crippen LogP contribution in [0.2, 0.25) is 0 Å². The highest BCUT2D eigenvalue weighted by atomic mass is 19.4. The quantitative estimate of drug-likeness (QED) is 0.340. The maximum absolute atomic E-state index is 13.8. The molecule has 0 amide bonds. The van der Waals surface area contributed by atoms with Crippen molar-refractivity contribution in [3.63, 3.8) is 0 Å². The lowest BCUT2D eigenvalue weighted by atomic mass is 9.67. The summed E-state index contributed by atoms with van der Waals surface area (Å²) in [6.07, 6.45) is 14.8. The third-order valence-electron chi connectivity index (χ3n) is 9.96. The third-order valence-corrected chi connectivity index (χ3v) is 9.96. The van der Waals surface area contributed by atoms with Crippen molar-refractivity contribution in [3.8, 4) is 0 Å². The fourth-order valence-electron chi connectivity index (χ4n) is 7.68. The predicted octanol–water partition coefficient (Wildman–Crippen LogP) is 9.42. The van der Waals surface area contributed by atoms with Crippen LogP contribution in [0.15, 0.2) is 11.9 Å². The number of hydrogen-bond acceptors (Lipinski definition) is 1. The maximum atomic E-state index is 13.8. The Labute approximate surface area is 204 Å². The van der Waals surface area contributed by atoms with Crippen LogP contribution in [-0.2, 0) is 4.74 Å². The first-order valence-electron chi connectivity index (χ1n) is 14.3. The normalized spacial score (nSPS) is 40.8. The molecule has 1 saturated heterocycles. The van der Waals surface area contributed by atoms with E-state index in [1.165, 1.54) is 77.0 Å². The zero-order valence-electron chi connectivity index (χ0n) is 21.1. The minimum Gasteiger partial charge on any atom is -0.378 e. The molecular formula is C29H46F4O. The van der Waals surface area contributed by atoms with Gasteiger partial charge in [0.1, 0.15) is 5.83 Å². The van der Waals surface area contributed by atoms with Crippen LogP contribution in [0.1, 0.15) is 110 Å². The summed E-state index contributed by atoms with van der Waals surface area (Å²) in [6.45, 7) is 3.26. The number of ether oxygens (including phenoxy) is 1.